The summed E-state index contributed by atoms with van der Waals surface area (Å²) >= 11 is 13.9. The van der Waals surface area contributed by atoms with E-state index >= 15 is 0 Å². The van der Waals surface area contributed by atoms with Crippen molar-refractivity contribution in [2.75, 3.05) is 19.6 Å². The number of nitrogens with zero attached hydrogens (tertiary/aromatic N) is 1. The molecule has 31 heavy (non-hydrogen) atoms. The lowest BCUT2D eigenvalue weighted by molar-refractivity contribution is 0.110. The van der Waals surface area contributed by atoms with Crippen molar-refractivity contribution in [1.29, 1.82) is 0 Å². The van der Waals surface area contributed by atoms with Gasteiger partial charge in [0.2, 0.25) is 0 Å². The largest absolute Gasteiger partial charge is 0.375 e. The molecule has 0 aliphatic rings. The van der Waals surface area contributed by atoms with Gasteiger partial charge in [0.25, 0.3) is 0 Å². The predicted octanol–water partition coefficient (Wildman–Crippen LogP) is 7.47. The summed E-state index contributed by atoms with van der Waals surface area (Å²) in [6.07, 6.45) is 0.634. The Labute approximate surface area is 200 Å². The van der Waals surface area contributed by atoms with Gasteiger partial charge in [-0.2, -0.15) is 0 Å². The van der Waals surface area contributed by atoms with Gasteiger partial charge < -0.3 is 10.0 Å². The predicted molar refractivity (Wildman–Crippen MR) is 136 cm³/mol. The average molecular weight is 474 g/mol. The van der Waals surface area contributed by atoms with Gasteiger partial charge in [-0.15, -0.1) is 11.8 Å². The first kappa shape index (κ1) is 24.2. The first-order valence-electron chi connectivity index (χ1n) is 10.6. The molecule has 0 bridgehead atoms. The fourth-order valence-corrected chi connectivity index (χ4v) is 5.28. The third-order valence-electron chi connectivity index (χ3n) is 5.59. The van der Waals surface area contributed by atoms with Crippen molar-refractivity contribution >= 4 is 35.0 Å². The van der Waals surface area contributed by atoms with E-state index in [9.17, 15) is 5.11 Å². The highest BCUT2D eigenvalue weighted by molar-refractivity contribution is 7.99. The van der Waals surface area contributed by atoms with Crippen LogP contribution in [0.25, 0.3) is 11.1 Å². The van der Waals surface area contributed by atoms with Crippen LogP contribution >= 0.6 is 35.0 Å². The van der Waals surface area contributed by atoms with Crippen LogP contribution in [0, 0.1) is 0 Å². The van der Waals surface area contributed by atoms with Crippen molar-refractivity contribution in [1.82, 2.24) is 4.90 Å². The molecule has 0 aromatic heterocycles. The molecule has 164 valence electrons. The van der Waals surface area contributed by atoms with Crippen LogP contribution in [0.5, 0.6) is 0 Å². The number of hydrogen-bond donors (Lipinski definition) is 1. The van der Waals surface area contributed by atoms with E-state index in [-0.39, 0.29) is 0 Å². The quantitative estimate of drug-likeness (QED) is 0.308. The Morgan fingerprint density at radius 3 is 2.13 bits per heavy atom. The van der Waals surface area contributed by atoms with Crippen LogP contribution in [0.4, 0.5) is 0 Å². The number of halogens is 2. The minimum Gasteiger partial charge on any atom is -0.375 e. The second kappa shape index (κ2) is 11.4. The van der Waals surface area contributed by atoms with Crippen LogP contribution in [-0.2, 0) is 10.7 Å². The maximum atomic E-state index is 11.8. The zero-order chi connectivity index (χ0) is 22.3. The molecule has 0 aliphatic carbocycles. The first-order chi connectivity index (χ1) is 14.9. The van der Waals surface area contributed by atoms with Crippen LogP contribution < -0.4 is 0 Å². The normalized spacial score (nSPS) is 13.4. The lowest BCUT2D eigenvalue weighted by Gasteiger charge is -2.31. The molecule has 0 fully saturated rings. The van der Waals surface area contributed by atoms with E-state index in [0.29, 0.717) is 22.2 Å². The highest BCUT2D eigenvalue weighted by Crippen LogP contribution is 2.41. The third kappa shape index (κ3) is 6.50. The lowest BCUT2D eigenvalue weighted by Crippen LogP contribution is -2.31. The summed E-state index contributed by atoms with van der Waals surface area (Å²) in [4.78, 5) is 1.32. The van der Waals surface area contributed by atoms with E-state index in [4.69, 9.17) is 23.2 Å². The summed E-state index contributed by atoms with van der Waals surface area (Å²) < 4.78 is 0. The van der Waals surface area contributed by atoms with E-state index in [1.807, 2.05) is 42.5 Å². The molecule has 0 heterocycles. The monoisotopic (exact) mass is 473 g/mol. The average Bonchev–Trinajstić information content (AvgIpc) is 2.80. The molecule has 1 unspecified atom stereocenters. The van der Waals surface area contributed by atoms with Gasteiger partial charge in [-0.25, -0.2) is 0 Å². The molecule has 3 aromatic carbocycles. The molecule has 3 rings (SSSR count). The van der Waals surface area contributed by atoms with Crippen molar-refractivity contribution in [3.63, 3.8) is 0 Å². The zero-order valence-corrected chi connectivity index (χ0v) is 20.4. The molecule has 3 aromatic rings. The van der Waals surface area contributed by atoms with E-state index in [0.717, 1.165) is 36.3 Å². The fraction of sp³-hybridized carbons (Fsp3) is 0.308. The molecule has 5 heteroatoms. The second-order valence-corrected chi connectivity index (χ2v) is 9.63. The van der Waals surface area contributed by atoms with Crippen molar-refractivity contribution < 1.29 is 5.11 Å². The number of benzene rings is 3. The van der Waals surface area contributed by atoms with Crippen LogP contribution in [0.2, 0.25) is 10.0 Å². The third-order valence-corrected chi connectivity index (χ3v) is 7.55. The summed E-state index contributed by atoms with van der Waals surface area (Å²) in [7, 11) is 0. The molecule has 0 saturated heterocycles. The molecule has 0 saturated carbocycles. The van der Waals surface area contributed by atoms with Gasteiger partial charge in [-0.05, 0) is 47.5 Å². The maximum Gasteiger partial charge on any atom is 0.137 e. The molecule has 0 aliphatic heterocycles. The fourth-order valence-electron chi connectivity index (χ4n) is 3.54. The van der Waals surface area contributed by atoms with Crippen molar-refractivity contribution in [2.45, 2.75) is 31.0 Å². The van der Waals surface area contributed by atoms with Crippen LogP contribution in [0.1, 0.15) is 31.4 Å². The number of aliphatic hydroxyl groups is 1. The molecule has 0 radical (unpaired) electrons. The van der Waals surface area contributed by atoms with Crippen LogP contribution in [-0.4, -0.2) is 29.6 Å². The van der Waals surface area contributed by atoms with Crippen molar-refractivity contribution in [3.8, 4) is 11.1 Å². The van der Waals surface area contributed by atoms with Gasteiger partial charge in [-0.1, -0.05) is 97.7 Å². The Kier molecular flexibility index (Phi) is 8.88. The summed E-state index contributed by atoms with van der Waals surface area (Å²) in [5.74, 6) is 0.602. The highest BCUT2D eigenvalue weighted by Gasteiger charge is 2.30. The van der Waals surface area contributed by atoms with Crippen molar-refractivity contribution in [3.05, 3.63) is 94.0 Å². The van der Waals surface area contributed by atoms with Crippen LogP contribution in [0.15, 0.2) is 72.8 Å². The SMILES string of the molecule is CCN(CC)CCC(O)(SCc1ccc(Cl)cc1Cl)c1ccc(-c2ccccc2)cc1. The molecule has 1 N–H and O–H groups in total. The Hall–Kier alpha value is -1.49. The van der Waals surface area contributed by atoms with Gasteiger partial charge in [0.1, 0.15) is 4.93 Å². The Morgan fingerprint density at radius 1 is 0.871 bits per heavy atom. The van der Waals surface area contributed by atoms with Crippen LogP contribution in [0.3, 0.4) is 0 Å². The van der Waals surface area contributed by atoms with Gasteiger partial charge in [0.05, 0.1) is 0 Å². The summed E-state index contributed by atoms with van der Waals surface area (Å²) in [6, 6.07) is 24.1. The second-order valence-electron chi connectivity index (χ2n) is 7.53. The van der Waals surface area contributed by atoms with Gasteiger partial charge in [-0.3, -0.25) is 0 Å². The van der Waals surface area contributed by atoms with Gasteiger partial charge in [0.15, 0.2) is 0 Å². The summed E-state index contributed by atoms with van der Waals surface area (Å²) in [5, 5.41) is 13.0. The van der Waals surface area contributed by atoms with E-state index in [2.05, 4.69) is 43.0 Å². The van der Waals surface area contributed by atoms with Crippen molar-refractivity contribution in [2.24, 2.45) is 0 Å². The Bertz CT molecular complexity index is 961. The molecule has 1 atom stereocenters. The summed E-state index contributed by atoms with van der Waals surface area (Å²) in [6.45, 7) is 7.06. The first-order valence-corrected chi connectivity index (χ1v) is 12.4. The maximum absolute atomic E-state index is 11.8. The van der Waals surface area contributed by atoms with E-state index in [1.165, 1.54) is 17.3 Å². The Morgan fingerprint density at radius 2 is 1.52 bits per heavy atom. The minimum absolute atomic E-state index is 0.602. The summed E-state index contributed by atoms with van der Waals surface area (Å²) in [5.41, 5.74) is 4.19. The number of rotatable bonds is 10. The van der Waals surface area contributed by atoms with Gasteiger partial charge >= 0.3 is 0 Å². The molecular formula is C26H29Cl2NOS. The molecule has 2 nitrogen and oxygen atoms in total. The number of hydrogen-bond acceptors (Lipinski definition) is 3. The zero-order valence-electron chi connectivity index (χ0n) is 18.0. The highest BCUT2D eigenvalue weighted by atomic mass is 35.5. The van der Waals surface area contributed by atoms with E-state index in [1.54, 1.807) is 6.07 Å². The molecule has 0 amide bonds. The van der Waals surface area contributed by atoms with E-state index < -0.39 is 4.93 Å². The minimum atomic E-state index is -1.01. The lowest BCUT2D eigenvalue weighted by atomic mass is 10.00. The van der Waals surface area contributed by atoms with Gasteiger partial charge in [0, 0.05) is 28.8 Å². The Balaban J connectivity index is 1.83. The topological polar surface area (TPSA) is 23.5 Å². The smallest absolute Gasteiger partial charge is 0.137 e. The number of thioether (sulfide) groups is 1. The standard InChI is InChI=1S/C26H29Cl2NOS/c1-3-29(4-2)17-16-26(30,31-19-22-12-15-24(27)18-25(22)28)23-13-10-21(11-14-23)20-8-6-5-7-9-20/h5-15,18,30H,3-4,16-17,19H2,1-2H3. The molecular weight excluding hydrogens is 445 g/mol. The molecule has 0 spiro atoms.